The highest BCUT2D eigenvalue weighted by Gasteiger charge is 2.15. The average Bonchev–Trinajstić information content (AvgIpc) is 3.19. The van der Waals surface area contributed by atoms with Crippen molar-refractivity contribution in [1.82, 2.24) is 25.2 Å². The van der Waals surface area contributed by atoms with E-state index in [0.29, 0.717) is 24.4 Å². The van der Waals surface area contributed by atoms with Gasteiger partial charge in [-0.3, -0.25) is 4.79 Å². The number of rotatable bonds is 9. The van der Waals surface area contributed by atoms with E-state index in [1.807, 2.05) is 24.4 Å². The summed E-state index contributed by atoms with van der Waals surface area (Å²) >= 11 is 0. The number of nitrogens with zero attached hydrogens (tertiary/aromatic N) is 3. The maximum atomic E-state index is 12.4. The Morgan fingerprint density at radius 2 is 1.76 bits per heavy atom. The van der Waals surface area contributed by atoms with Crippen LogP contribution in [0.3, 0.4) is 0 Å². The molecule has 0 spiro atoms. The number of aromatic nitrogens is 3. The van der Waals surface area contributed by atoms with Crippen LogP contribution in [-0.2, 0) is 9.47 Å². The van der Waals surface area contributed by atoms with Crippen LogP contribution in [0.4, 0.5) is 10.6 Å². The number of anilines is 1. The summed E-state index contributed by atoms with van der Waals surface area (Å²) < 4.78 is 11.9. The van der Waals surface area contributed by atoms with Crippen molar-refractivity contribution in [2.24, 2.45) is 0 Å². The number of carbonyl (C=O) groups is 2. The summed E-state index contributed by atoms with van der Waals surface area (Å²) in [5, 5.41) is 12.9. The van der Waals surface area contributed by atoms with Crippen molar-refractivity contribution >= 4 is 23.5 Å². The Hall–Kier alpha value is -3.66. The highest BCUT2D eigenvalue weighted by Crippen LogP contribution is 2.24. The summed E-state index contributed by atoms with van der Waals surface area (Å²) in [6, 6.07) is 9.06. The number of fused-ring (bicyclic) bond motifs is 1. The first-order valence-corrected chi connectivity index (χ1v) is 10.7. The fraction of sp³-hybridized carbons (Fsp3) is 0.391. The molecule has 0 fully saturated rings. The van der Waals surface area contributed by atoms with Crippen molar-refractivity contribution in [3.63, 3.8) is 0 Å². The highest BCUT2D eigenvalue weighted by atomic mass is 16.6. The van der Waals surface area contributed by atoms with Gasteiger partial charge in [0.25, 0.3) is 5.91 Å². The van der Waals surface area contributed by atoms with E-state index in [1.54, 1.807) is 50.7 Å². The Balaban J connectivity index is 1.58. The molecular formula is C23H30N6O4. The Kier molecular flexibility index (Phi) is 7.83. The van der Waals surface area contributed by atoms with Crippen molar-refractivity contribution in [3.05, 3.63) is 48.3 Å². The molecule has 10 heteroatoms. The zero-order valence-electron chi connectivity index (χ0n) is 19.3. The molecule has 1 aromatic carbocycles. The van der Waals surface area contributed by atoms with Gasteiger partial charge in [0.1, 0.15) is 11.4 Å². The normalized spacial score (nSPS) is 11.3. The van der Waals surface area contributed by atoms with Crippen LogP contribution in [0.1, 0.15) is 31.1 Å². The molecule has 2 amide bonds. The van der Waals surface area contributed by atoms with Crippen molar-refractivity contribution in [3.8, 4) is 11.1 Å². The number of hydrogen-bond donors (Lipinski definition) is 3. The molecule has 0 aliphatic carbocycles. The molecule has 0 aliphatic rings. The Bertz CT molecular complexity index is 1090. The molecule has 0 radical (unpaired) electrons. The predicted molar refractivity (Wildman–Crippen MR) is 125 cm³/mol. The van der Waals surface area contributed by atoms with E-state index in [0.717, 1.165) is 16.9 Å². The van der Waals surface area contributed by atoms with E-state index in [2.05, 4.69) is 26.0 Å². The predicted octanol–water partition coefficient (Wildman–Crippen LogP) is 2.71. The van der Waals surface area contributed by atoms with E-state index in [9.17, 15) is 9.59 Å². The van der Waals surface area contributed by atoms with Crippen LogP contribution in [0.2, 0.25) is 0 Å². The lowest BCUT2D eigenvalue weighted by Gasteiger charge is -2.19. The number of nitrogens with one attached hydrogen (secondary N) is 3. The standard InChI is InChI=1S/C23H30N6O4/c1-23(2,3)33-22(31)26-11-10-25-21(30)17-7-5-16(6-8-17)18-15-27-29-13-9-19(28-20(18)29)24-12-14-32-4/h5-9,13,15H,10-12,14H2,1-4H3,(H,24,28)(H,25,30)(H,26,31). The molecule has 3 rings (SSSR count). The number of hydrogen-bond acceptors (Lipinski definition) is 7. The number of benzene rings is 1. The smallest absolute Gasteiger partial charge is 0.407 e. The summed E-state index contributed by atoms with van der Waals surface area (Å²) in [7, 11) is 1.65. The van der Waals surface area contributed by atoms with Crippen LogP contribution in [0.15, 0.2) is 42.7 Å². The molecule has 33 heavy (non-hydrogen) atoms. The monoisotopic (exact) mass is 454 g/mol. The van der Waals surface area contributed by atoms with Gasteiger partial charge in [0.15, 0.2) is 5.65 Å². The molecule has 3 aromatic rings. The van der Waals surface area contributed by atoms with Gasteiger partial charge in [0, 0.05) is 44.1 Å². The van der Waals surface area contributed by atoms with Gasteiger partial charge in [-0.25, -0.2) is 14.3 Å². The van der Waals surface area contributed by atoms with Gasteiger partial charge in [0.05, 0.1) is 12.8 Å². The zero-order chi connectivity index (χ0) is 23.8. The molecule has 2 heterocycles. The summed E-state index contributed by atoms with van der Waals surface area (Å²) in [5.74, 6) is 0.507. The van der Waals surface area contributed by atoms with E-state index in [4.69, 9.17) is 9.47 Å². The molecule has 0 saturated heterocycles. The number of ether oxygens (including phenoxy) is 2. The third-order valence-electron chi connectivity index (χ3n) is 4.52. The molecule has 2 aromatic heterocycles. The summed E-state index contributed by atoms with van der Waals surface area (Å²) in [6.45, 7) is 7.17. The van der Waals surface area contributed by atoms with Gasteiger partial charge in [-0.2, -0.15) is 5.10 Å². The van der Waals surface area contributed by atoms with E-state index >= 15 is 0 Å². The lowest BCUT2D eigenvalue weighted by atomic mass is 10.1. The van der Waals surface area contributed by atoms with Crippen molar-refractivity contribution in [2.75, 3.05) is 38.7 Å². The zero-order valence-corrected chi connectivity index (χ0v) is 19.3. The highest BCUT2D eigenvalue weighted by molar-refractivity contribution is 5.95. The molecule has 3 N–H and O–H groups in total. The minimum Gasteiger partial charge on any atom is -0.444 e. The first-order valence-electron chi connectivity index (χ1n) is 10.7. The number of methoxy groups -OCH3 is 1. The number of carbonyl (C=O) groups excluding carboxylic acids is 2. The van der Waals surface area contributed by atoms with E-state index < -0.39 is 11.7 Å². The second-order valence-corrected chi connectivity index (χ2v) is 8.32. The van der Waals surface area contributed by atoms with Crippen LogP contribution >= 0.6 is 0 Å². The molecule has 0 aliphatic heterocycles. The first-order chi connectivity index (χ1) is 15.8. The van der Waals surface area contributed by atoms with Crippen molar-refractivity contribution in [1.29, 1.82) is 0 Å². The second kappa shape index (κ2) is 10.8. The van der Waals surface area contributed by atoms with Gasteiger partial charge in [-0.1, -0.05) is 12.1 Å². The fourth-order valence-electron chi connectivity index (χ4n) is 3.01. The minimum absolute atomic E-state index is 0.227. The first kappa shape index (κ1) is 24.0. The topological polar surface area (TPSA) is 119 Å². The van der Waals surface area contributed by atoms with Crippen LogP contribution in [0.5, 0.6) is 0 Å². The van der Waals surface area contributed by atoms with Crippen molar-refractivity contribution in [2.45, 2.75) is 26.4 Å². The van der Waals surface area contributed by atoms with E-state index in [-0.39, 0.29) is 19.0 Å². The Morgan fingerprint density at radius 3 is 2.45 bits per heavy atom. The molecule has 10 nitrogen and oxygen atoms in total. The third kappa shape index (κ3) is 6.91. The summed E-state index contributed by atoms with van der Waals surface area (Å²) in [6.07, 6.45) is 3.08. The van der Waals surface area contributed by atoms with Crippen LogP contribution < -0.4 is 16.0 Å². The second-order valence-electron chi connectivity index (χ2n) is 8.32. The SMILES string of the molecule is COCCNc1ccn2ncc(-c3ccc(C(=O)NCCNC(=O)OC(C)(C)C)cc3)c2n1. The lowest BCUT2D eigenvalue weighted by molar-refractivity contribution is 0.0526. The molecule has 176 valence electrons. The Morgan fingerprint density at radius 1 is 1.03 bits per heavy atom. The largest absolute Gasteiger partial charge is 0.444 e. The van der Waals surface area contributed by atoms with Gasteiger partial charge in [-0.05, 0) is 44.5 Å². The average molecular weight is 455 g/mol. The van der Waals surface area contributed by atoms with Crippen LogP contribution in [0, 0.1) is 0 Å². The lowest BCUT2D eigenvalue weighted by Crippen LogP contribution is -2.37. The van der Waals surface area contributed by atoms with Crippen molar-refractivity contribution < 1.29 is 19.1 Å². The molecule has 0 unspecified atom stereocenters. The maximum absolute atomic E-state index is 12.4. The molecule has 0 atom stereocenters. The molecule has 0 saturated carbocycles. The summed E-state index contributed by atoms with van der Waals surface area (Å²) in [5.41, 5.74) is 2.42. The van der Waals surface area contributed by atoms with Gasteiger partial charge >= 0.3 is 6.09 Å². The number of amides is 2. The number of alkyl carbamates (subject to hydrolysis) is 1. The quantitative estimate of drug-likeness (QED) is 0.425. The maximum Gasteiger partial charge on any atom is 0.407 e. The summed E-state index contributed by atoms with van der Waals surface area (Å²) in [4.78, 5) is 28.7. The molecular weight excluding hydrogens is 424 g/mol. The van der Waals surface area contributed by atoms with Crippen LogP contribution in [0.25, 0.3) is 16.8 Å². The van der Waals surface area contributed by atoms with Gasteiger partial charge < -0.3 is 25.4 Å². The van der Waals surface area contributed by atoms with Gasteiger partial charge in [-0.15, -0.1) is 0 Å². The fourth-order valence-corrected chi connectivity index (χ4v) is 3.01. The van der Waals surface area contributed by atoms with Gasteiger partial charge in [0.2, 0.25) is 0 Å². The molecule has 0 bridgehead atoms. The minimum atomic E-state index is -0.562. The van der Waals surface area contributed by atoms with Crippen LogP contribution in [-0.4, -0.2) is 65.6 Å². The Labute approximate surface area is 192 Å². The van der Waals surface area contributed by atoms with E-state index in [1.165, 1.54) is 0 Å². The third-order valence-corrected chi connectivity index (χ3v) is 4.52.